The van der Waals surface area contributed by atoms with Gasteiger partial charge >= 0.3 is 0 Å². The lowest BCUT2D eigenvalue weighted by Gasteiger charge is -2.09. The number of carbonyl (C=O) groups excluding carboxylic acids is 1. The van der Waals surface area contributed by atoms with Crippen molar-refractivity contribution in [1.29, 1.82) is 0 Å². The molecule has 0 bridgehead atoms. The van der Waals surface area contributed by atoms with Crippen LogP contribution in [-0.2, 0) is 7.05 Å². The number of ether oxygens (including phenoxy) is 1. The number of hydrogen-bond donors (Lipinski definition) is 1. The van der Waals surface area contributed by atoms with Crippen LogP contribution in [0.2, 0.25) is 10.0 Å². The monoisotopic (exact) mass is 354 g/mol. The Kier molecular flexibility index (Phi) is 6.07. The number of amides is 1. The summed E-state index contributed by atoms with van der Waals surface area (Å²) in [6.07, 6.45) is 2.17. The fraction of sp³-hybridized carbons (Fsp3) is 0.250. The maximum absolute atomic E-state index is 11.9. The van der Waals surface area contributed by atoms with Gasteiger partial charge in [0.1, 0.15) is 5.75 Å². The first-order valence-corrected chi connectivity index (χ1v) is 7.75. The van der Waals surface area contributed by atoms with E-state index in [1.54, 1.807) is 37.5 Å². The van der Waals surface area contributed by atoms with Crippen LogP contribution < -0.4 is 15.6 Å². The maximum atomic E-state index is 11.9. The Bertz CT molecular complexity index is 759. The zero-order valence-electron chi connectivity index (χ0n) is 12.5. The van der Waals surface area contributed by atoms with Gasteiger partial charge in [-0.3, -0.25) is 9.59 Å². The van der Waals surface area contributed by atoms with Crippen LogP contribution in [0.1, 0.15) is 16.8 Å². The van der Waals surface area contributed by atoms with E-state index in [4.69, 9.17) is 27.9 Å². The van der Waals surface area contributed by atoms with Crippen molar-refractivity contribution in [2.24, 2.45) is 7.05 Å². The predicted molar refractivity (Wildman–Crippen MR) is 90.6 cm³/mol. The average Bonchev–Trinajstić information content (AvgIpc) is 2.51. The number of aryl methyl sites for hydroxylation is 1. The van der Waals surface area contributed by atoms with Crippen molar-refractivity contribution >= 4 is 29.1 Å². The SMILES string of the molecule is Cn1ccc(C(=O)NCCCOc2ccc(Cl)cc2Cl)cc1=O. The lowest BCUT2D eigenvalue weighted by Crippen LogP contribution is -2.27. The summed E-state index contributed by atoms with van der Waals surface area (Å²) in [6, 6.07) is 7.90. The summed E-state index contributed by atoms with van der Waals surface area (Å²) in [5.41, 5.74) is 0.119. The molecule has 1 amide bonds. The summed E-state index contributed by atoms with van der Waals surface area (Å²) in [6.45, 7) is 0.831. The molecule has 2 rings (SSSR count). The second-order valence-corrected chi connectivity index (χ2v) is 5.74. The highest BCUT2D eigenvalue weighted by molar-refractivity contribution is 6.35. The Hall–Kier alpha value is -1.98. The molecule has 0 saturated carbocycles. The first-order valence-electron chi connectivity index (χ1n) is 7.00. The van der Waals surface area contributed by atoms with E-state index in [9.17, 15) is 9.59 Å². The standard InChI is InChI=1S/C16H16Cl2N2O3/c1-20-7-5-11(9-15(20)21)16(22)19-6-2-8-23-14-4-3-12(17)10-13(14)18/h3-5,7,9-10H,2,6,8H2,1H3,(H,19,22). The molecule has 0 radical (unpaired) electrons. The van der Waals surface area contributed by atoms with Crippen molar-refractivity contribution in [1.82, 2.24) is 9.88 Å². The minimum atomic E-state index is -0.285. The fourth-order valence-corrected chi connectivity index (χ4v) is 2.30. The van der Waals surface area contributed by atoms with Crippen LogP contribution in [0, 0.1) is 0 Å². The average molecular weight is 355 g/mol. The zero-order chi connectivity index (χ0) is 16.8. The molecule has 0 aliphatic heterocycles. The van der Waals surface area contributed by atoms with E-state index in [1.807, 2.05) is 0 Å². The number of aromatic nitrogens is 1. The molecule has 0 atom stereocenters. The molecule has 7 heteroatoms. The minimum Gasteiger partial charge on any atom is -0.492 e. The van der Waals surface area contributed by atoms with E-state index < -0.39 is 0 Å². The predicted octanol–water partition coefficient (Wildman–Crippen LogP) is 2.89. The van der Waals surface area contributed by atoms with Gasteiger partial charge in [0.05, 0.1) is 11.6 Å². The summed E-state index contributed by atoms with van der Waals surface area (Å²) in [5.74, 6) is 0.265. The Morgan fingerprint density at radius 1 is 1.26 bits per heavy atom. The highest BCUT2D eigenvalue weighted by Gasteiger charge is 2.06. The van der Waals surface area contributed by atoms with E-state index in [-0.39, 0.29) is 11.5 Å². The summed E-state index contributed by atoms with van der Waals surface area (Å²) in [4.78, 5) is 23.4. The van der Waals surface area contributed by atoms with Crippen LogP contribution in [0.5, 0.6) is 5.75 Å². The van der Waals surface area contributed by atoms with Gasteiger partial charge in [0.2, 0.25) is 0 Å². The molecular formula is C16H16Cl2N2O3. The molecule has 0 aliphatic carbocycles. The molecule has 0 saturated heterocycles. The number of nitrogens with one attached hydrogen (secondary N) is 1. The number of benzene rings is 1. The second kappa shape index (κ2) is 8.04. The number of hydrogen-bond acceptors (Lipinski definition) is 3. The van der Waals surface area contributed by atoms with Gasteiger partial charge in [-0.25, -0.2) is 0 Å². The third-order valence-electron chi connectivity index (χ3n) is 3.12. The van der Waals surface area contributed by atoms with Gasteiger partial charge in [-0.2, -0.15) is 0 Å². The Morgan fingerprint density at radius 3 is 2.74 bits per heavy atom. The zero-order valence-corrected chi connectivity index (χ0v) is 14.0. The summed E-state index contributed by atoms with van der Waals surface area (Å²) >= 11 is 11.8. The van der Waals surface area contributed by atoms with Crippen LogP contribution in [0.4, 0.5) is 0 Å². The molecule has 1 aromatic carbocycles. The van der Waals surface area contributed by atoms with Gasteiger partial charge < -0.3 is 14.6 Å². The van der Waals surface area contributed by atoms with E-state index >= 15 is 0 Å². The lowest BCUT2D eigenvalue weighted by atomic mass is 10.2. The first kappa shape index (κ1) is 17.4. The quantitative estimate of drug-likeness (QED) is 0.811. The van der Waals surface area contributed by atoms with Crippen molar-refractivity contribution in [3.05, 3.63) is 62.5 Å². The van der Waals surface area contributed by atoms with E-state index in [0.29, 0.717) is 40.9 Å². The molecule has 122 valence electrons. The molecule has 0 unspecified atom stereocenters. The largest absolute Gasteiger partial charge is 0.492 e. The van der Waals surface area contributed by atoms with Crippen molar-refractivity contribution in [2.75, 3.05) is 13.2 Å². The Morgan fingerprint density at radius 2 is 2.04 bits per heavy atom. The van der Waals surface area contributed by atoms with E-state index in [0.717, 1.165) is 0 Å². The number of halogens is 2. The van der Waals surface area contributed by atoms with Crippen LogP contribution in [0.3, 0.4) is 0 Å². The molecule has 0 spiro atoms. The molecular weight excluding hydrogens is 339 g/mol. The third kappa shape index (κ3) is 5.01. The van der Waals surface area contributed by atoms with Crippen molar-refractivity contribution < 1.29 is 9.53 Å². The molecule has 0 fully saturated rings. The summed E-state index contributed by atoms with van der Waals surface area (Å²) in [5, 5.41) is 3.73. The maximum Gasteiger partial charge on any atom is 0.251 e. The van der Waals surface area contributed by atoms with Crippen LogP contribution in [-0.4, -0.2) is 23.6 Å². The molecule has 1 aromatic heterocycles. The Labute approximate surface area is 143 Å². The van der Waals surface area contributed by atoms with Gasteiger partial charge in [-0.05, 0) is 30.7 Å². The highest BCUT2D eigenvalue weighted by atomic mass is 35.5. The molecule has 1 N–H and O–H groups in total. The minimum absolute atomic E-state index is 0.224. The Balaban J connectivity index is 1.75. The van der Waals surface area contributed by atoms with Crippen LogP contribution >= 0.6 is 23.2 Å². The first-order chi connectivity index (χ1) is 11.0. The van der Waals surface area contributed by atoms with E-state index in [1.165, 1.54) is 10.6 Å². The second-order valence-electron chi connectivity index (χ2n) is 4.90. The number of rotatable bonds is 6. The molecule has 23 heavy (non-hydrogen) atoms. The lowest BCUT2D eigenvalue weighted by molar-refractivity contribution is 0.0951. The van der Waals surface area contributed by atoms with E-state index in [2.05, 4.69) is 5.32 Å². The third-order valence-corrected chi connectivity index (χ3v) is 3.66. The smallest absolute Gasteiger partial charge is 0.251 e. The highest BCUT2D eigenvalue weighted by Crippen LogP contribution is 2.27. The summed E-state index contributed by atoms with van der Waals surface area (Å²) in [7, 11) is 1.63. The molecule has 0 aliphatic rings. The number of carbonyl (C=O) groups is 1. The molecule has 1 heterocycles. The van der Waals surface area contributed by atoms with Gasteiger partial charge in [0.25, 0.3) is 11.5 Å². The van der Waals surface area contributed by atoms with Gasteiger partial charge in [-0.15, -0.1) is 0 Å². The molecule has 5 nitrogen and oxygen atoms in total. The normalized spacial score (nSPS) is 10.4. The fourth-order valence-electron chi connectivity index (χ4n) is 1.84. The topological polar surface area (TPSA) is 60.3 Å². The van der Waals surface area contributed by atoms with Crippen molar-refractivity contribution in [3.8, 4) is 5.75 Å². The van der Waals surface area contributed by atoms with Gasteiger partial charge in [0.15, 0.2) is 0 Å². The van der Waals surface area contributed by atoms with Crippen molar-refractivity contribution in [2.45, 2.75) is 6.42 Å². The number of nitrogens with zero attached hydrogens (tertiary/aromatic N) is 1. The van der Waals surface area contributed by atoms with Gasteiger partial charge in [-0.1, -0.05) is 23.2 Å². The number of pyridine rings is 1. The van der Waals surface area contributed by atoms with Crippen molar-refractivity contribution in [3.63, 3.8) is 0 Å². The van der Waals surface area contributed by atoms with Crippen LogP contribution in [0.25, 0.3) is 0 Å². The molecule has 2 aromatic rings. The summed E-state index contributed by atoms with van der Waals surface area (Å²) < 4.78 is 6.92. The van der Waals surface area contributed by atoms with Crippen LogP contribution in [0.15, 0.2) is 41.3 Å². The van der Waals surface area contributed by atoms with Gasteiger partial charge in [0, 0.05) is 36.4 Å².